The highest BCUT2D eigenvalue weighted by molar-refractivity contribution is 6.32. The fourth-order valence-corrected chi connectivity index (χ4v) is 2.14. The van der Waals surface area contributed by atoms with E-state index >= 15 is 0 Å². The second-order valence-electron chi connectivity index (χ2n) is 4.68. The highest BCUT2D eigenvalue weighted by Gasteiger charge is 2.27. The summed E-state index contributed by atoms with van der Waals surface area (Å²) < 4.78 is 10.5. The smallest absolute Gasteiger partial charge is 0.251 e. The first-order valence-corrected chi connectivity index (χ1v) is 6.98. The Morgan fingerprint density at radius 2 is 2.35 bits per heavy atom. The van der Waals surface area contributed by atoms with E-state index in [1.54, 1.807) is 18.2 Å². The number of carbonyl (C=O) groups is 1. The molecular weight excluding hydrogens is 282 g/mol. The van der Waals surface area contributed by atoms with Gasteiger partial charge in [0.1, 0.15) is 5.75 Å². The van der Waals surface area contributed by atoms with Gasteiger partial charge in [-0.1, -0.05) is 18.5 Å². The molecule has 5 nitrogen and oxygen atoms in total. The van der Waals surface area contributed by atoms with Gasteiger partial charge in [0.05, 0.1) is 37.0 Å². The summed E-state index contributed by atoms with van der Waals surface area (Å²) in [6.07, 6.45) is 0.222. The number of hydrogen-bond donors (Lipinski definition) is 2. The molecule has 0 bridgehead atoms. The van der Waals surface area contributed by atoms with E-state index in [2.05, 4.69) is 5.32 Å². The van der Waals surface area contributed by atoms with E-state index in [4.69, 9.17) is 21.1 Å². The third-order valence-electron chi connectivity index (χ3n) is 3.02. The number of nitrogens with one attached hydrogen (secondary N) is 1. The number of hydrogen-bond acceptors (Lipinski definition) is 4. The second-order valence-corrected chi connectivity index (χ2v) is 5.09. The number of halogens is 1. The molecule has 1 aromatic carbocycles. The third kappa shape index (κ3) is 3.62. The Bertz CT molecular complexity index is 480. The number of aliphatic hydroxyl groups excluding tert-OH is 1. The Balaban J connectivity index is 2.01. The van der Waals surface area contributed by atoms with Crippen LogP contribution < -0.4 is 10.1 Å². The molecule has 1 saturated heterocycles. The van der Waals surface area contributed by atoms with Crippen molar-refractivity contribution in [2.24, 2.45) is 0 Å². The number of rotatable bonds is 5. The molecule has 0 unspecified atom stereocenters. The van der Waals surface area contributed by atoms with Gasteiger partial charge in [-0.05, 0) is 24.6 Å². The van der Waals surface area contributed by atoms with Gasteiger partial charge in [-0.15, -0.1) is 0 Å². The molecule has 1 fully saturated rings. The van der Waals surface area contributed by atoms with Crippen LogP contribution in [0.1, 0.15) is 23.7 Å². The average molecular weight is 300 g/mol. The molecule has 0 aliphatic carbocycles. The molecule has 1 heterocycles. The van der Waals surface area contributed by atoms with Gasteiger partial charge >= 0.3 is 0 Å². The minimum atomic E-state index is -0.665. The minimum absolute atomic E-state index is 0.246. The molecule has 0 radical (unpaired) electrons. The summed E-state index contributed by atoms with van der Waals surface area (Å²) in [5, 5.41) is 12.7. The molecule has 1 aliphatic rings. The molecule has 2 rings (SSSR count). The summed E-state index contributed by atoms with van der Waals surface area (Å²) in [5.74, 6) is 0.276. The maximum absolute atomic E-state index is 12.0. The number of aliphatic hydroxyl groups is 1. The van der Waals surface area contributed by atoms with Crippen molar-refractivity contribution in [1.29, 1.82) is 0 Å². The Morgan fingerprint density at radius 3 is 2.95 bits per heavy atom. The van der Waals surface area contributed by atoms with Gasteiger partial charge in [0, 0.05) is 5.56 Å². The van der Waals surface area contributed by atoms with Crippen molar-refractivity contribution < 1.29 is 19.4 Å². The van der Waals surface area contributed by atoms with E-state index in [9.17, 15) is 9.90 Å². The fraction of sp³-hybridized carbons (Fsp3) is 0.500. The maximum Gasteiger partial charge on any atom is 0.251 e. The predicted molar refractivity (Wildman–Crippen MR) is 75.3 cm³/mol. The minimum Gasteiger partial charge on any atom is -0.492 e. The van der Waals surface area contributed by atoms with Gasteiger partial charge in [-0.25, -0.2) is 0 Å². The predicted octanol–water partition coefficient (Wildman–Crippen LogP) is 1.62. The lowest BCUT2D eigenvalue weighted by atomic mass is 10.1. The number of ether oxygens (including phenoxy) is 2. The van der Waals surface area contributed by atoms with Crippen LogP contribution in [0.25, 0.3) is 0 Å². The van der Waals surface area contributed by atoms with Crippen LogP contribution in [0, 0.1) is 0 Å². The Hall–Kier alpha value is -1.30. The lowest BCUT2D eigenvalue weighted by Gasteiger charge is -2.15. The fourth-order valence-electron chi connectivity index (χ4n) is 1.90. The van der Waals surface area contributed by atoms with Crippen LogP contribution in [0.15, 0.2) is 18.2 Å². The quantitative estimate of drug-likeness (QED) is 0.867. The normalized spacial score (nSPS) is 21.8. The zero-order valence-corrected chi connectivity index (χ0v) is 12.0. The summed E-state index contributed by atoms with van der Waals surface area (Å²) >= 11 is 6.08. The van der Waals surface area contributed by atoms with Crippen LogP contribution in [0.2, 0.25) is 5.02 Å². The van der Waals surface area contributed by atoms with Crippen LogP contribution in [0.4, 0.5) is 0 Å². The molecule has 0 saturated carbocycles. The van der Waals surface area contributed by atoms with E-state index < -0.39 is 6.10 Å². The zero-order valence-electron chi connectivity index (χ0n) is 11.3. The lowest BCUT2D eigenvalue weighted by molar-refractivity contribution is 0.0886. The van der Waals surface area contributed by atoms with E-state index in [0.29, 0.717) is 29.5 Å². The molecule has 20 heavy (non-hydrogen) atoms. The van der Waals surface area contributed by atoms with Crippen molar-refractivity contribution in [1.82, 2.24) is 5.32 Å². The summed E-state index contributed by atoms with van der Waals surface area (Å²) in [7, 11) is 0. The van der Waals surface area contributed by atoms with Crippen molar-refractivity contribution in [2.45, 2.75) is 25.5 Å². The highest BCUT2D eigenvalue weighted by Crippen LogP contribution is 2.25. The molecule has 110 valence electrons. The molecule has 1 aliphatic heterocycles. The van der Waals surface area contributed by atoms with E-state index in [1.165, 1.54) is 0 Å². The highest BCUT2D eigenvalue weighted by atomic mass is 35.5. The maximum atomic E-state index is 12.0. The molecule has 0 aromatic heterocycles. The summed E-state index contributed by atoms with van der Waals surface area (Å²) in [5.41, 5.74) is 0.429. The van der Waals surface area contributed by atoms with Gasteiger partial charge in [-0.2, -0.15) is 0 Å². The van der Waals surface area contributed by atoms with Gasteiger partial charge in [0.15, 0.2) is 0 Å². The standard InChI is InChI=1S/C14H18ClNO4/c1-2-5-20-13-4-3-9(6-10(13)15)14(18)16-11-7-19-8-12(11)17/h3-4,6,11-12,17H,2,5,7-8H2,1H3,(H,16,18)/t11-,12-/m0/s1. The Labute approximate surface area is 122 Å². The molecule has 6 heteroatoms. The van der Waals surface area contributed by atoms with Crippen molar-refractivity contribution in [3.05, 3.63) is 28.8 Å². The molecule has 2 N–H and O–H groups in total. The largest absolute Gasteiger partial charge is 0.492 e. The van der Waals surface area contributed by atoms with Gasteiger partial charge < -0.3 is 19.9 Å². The number of carbonyl (C=O) groups excluding carboxylic acids is 1. The topological polar surface area (TPSA) is 67.8 Å². The van der Waals surface area contributed by atoms with Gasteiger partial charge in [0.2, 0.25) is 0 Å². The van der Waals surface area contributed by atoms with E-state index in [1.807, 2.05) is 6.92 Å². The van der Waals surface area contributed by atoms with E-state index in [0.717, 1.165) is 6.42 Å². The van der Waals surface area contributed by atoms with Crippen molar-refractivity contribution in [3.63, 3.8) is 0 Å². The molecule has 0 spiro atoms. The third-order valence-corrected chi connectivity index (χ3v) is 3.32. The summed E-state index contributed by atoms with van der Waals surface area (Å²) in [6, 6.07) is 4.50. The average Bonchev–Trinajstić information content (AvgIpc) is 2.83. The molecule has 1 amide bonds. The number of benzene rings is 1. The van der Waals surface area contributed by atoms with Crippen molar-refractivity contribution in [3.8, 4) is 5.75 Å². The lowest BCUT2D eigenvalue weighted by Crippen LogP contribution is -2.42. The molecule has 2 atom stereocenters. The van der Waals surface area contributed by atoms with Crippen LogP contribution in [0.3, 0.4) is 0 Å². The van der Waals surface area contributed by atoms with Gasteiger partial charge in [0.25, 0.3) is 5.91 Å². The van der Waals surface area contributed by atoms with Crippen LogP contribution >= 0.6 is 11.6 Å². The van der Waals surface area contributed by atoms with E-state index in [-0.39, 0.29) is 18.6 Å². The van der Waals surface area contributed by atoms with Crippen LogP contribution in [-0.4, -0.2) is 43.0 Å². The zero-order chi connectivity index (χ0) is 14.5. The van der Waals surface area contributed by atoms with Crippen LogP contribution in [-0.2, 0) is 4.74 Å². The van der Waals surface area contributed by atoms with Gasteiger partial charge in [-0.3, -0.25) is 4.79 Å². The molecule has 1 aromatic rings. The first-order valence-electron chi connectivity index (χ1n) is 6.61. The van der Waals surface area contributed by atoms with Crippen LogP contribution in [0.5, 0.6) is 5.75 Å². The summed E-state index contributed by atoms with van der Waals surface area (Å²) in [6.45, 7) is 3.15. The second kappa shape index (κ2) is 6.92. The first kappa shape index (κ1) is 15.1. The first-order chi connectivity index (χ1) is 9.61. The number of amides is 1. The SMILES string of the molecule is CCCOc1ccc(C(=O)N[C@H]2COC[C@@H]2O)cc1Cl. The summed E-state index contributed by atoms with van der Waals surface area (Å²) in [4.78, 5) is 12.0. The monoisotopic (exact) mass is 299 g/mol. The molecular formula is C14H18ClNO4. The Morgan fingerprint density at radius 1 is 1.55 bits per heavy atom. The van der Waals surface area contributed by atoms with Crippen molar-refractivity contribution >= 4 is 17.5 Å². The van der Waals surface area contributed by atoms with Crippen molar-refractivity contribution in [2.75, 3.05) is 19.8 Å². The Kier molecular flexibility index (Phi) is 5.23.